The SMILES string of the molecule is O=C(CSCc1cccnc1)Nc1ccc(Cl)cc1C(=O)N1CCCC1. The molecule has 1 saturated heterocycles. The van der Waals surface area contributed by atoms with Crippen LogP contribution in [0.2, 0.25) is 5.02 Å². The zero-order chi connectivity index (χ0) is 18.4. The Morgan fingerprint density at radius 3 is 2.77 bits per heavy atom. The number of hydrogen-bond donors (Lipinski definition) is 1. The second kappa shape index (κ2) is 9.05. The summed E-state index contributed by atoms with van der Waals surface area (Å²) in [6.07, 6.45) is 5.54. The summed E-state index contributed by atoms with van der Waals surface area (Å²) in [5, 5.41) is 3.33. The van der Waals surface area contributed by atoms with E-state index in [1.165, 1.54) is 11.8 Å². The molecule has 7 heteroatoms. The molecule has 1 aliphatic heterocycles. The minimum atomic E-state index is -0.142. The number of carbonyl (C=O) groups excluding carboxylic acids is 2. The van der Waals surface area contributed by atoms with Gasteiger partial charge in [-0.1, -0.05) is 17.7 Å². The summed E-state index contributed by atoms with van der Waals surface area (Å²) in [5.74, 6) is 0.788. The number of carbonyl (C=O) groups is 2. The molecule has 1 aromatic heterocycles. The molecule has 0 bridgehead atoms. The van der Waals surface area contributed by atoms with Gasteiger partial charge >= 0.3 is 0 Å². The lowest BCUT2D eigenvalue weighted by molar-refractivity contribution is -0.113. The molecule has 2 heterocycles. The summed E-state index contributed by atoms with van der Waals surface area (Å²) in [4.78, 5) is 30.8. The van der Waals surface area contributed by atoms with Crippen molar-refractivity contribution in [1.29, 1.82) is 0 Å². The van der Waals surface area contributed by atoms with Crippen LogP contribution >= 0.6 is 23.4 Å². The number of hydrogen-bond acceptors (Lipinski definition) is 4. The second-order valence-electron chi connectivity index (χ2n) is 6.09. The summed E-state index contributed by atoms with van der Waals surface area (Å²) >= 11 is 7.57. The Morgan fingerprint density at radius 1 is 1.23 bits per heavy atom. The first-order valence-electron chi connectivity index (χ1n) is 8.49. The Balaban J connectivity index is 1.61. The van der Waals surface area contributed by atoms with Crippen LogP contribution in [0.15, 0.2) is 42.7 Å². The predicted molar refractivity (Wildman–Crippen MR) is 106 cm³/mol. The van der Waals surface area contributed by atoms with Gasteiger partial charge in [0, 0.05) is 36.3 Å². The fourth-order valence-electron chi connectivity index (χ4n) is 2.82. The normalized spacial score (nSPS) is 13.7. The van der Waals surface area contributed by atoms with Crippen molar-refractivity contribution >= 4 is 40.9 Å². The highest BCUT2D eigenvalue weighted by molar-refractivity contribution is 7.99. The number of thioether (sulfide) groups is 1. The Bertz CT molecular complexity index is 780. The highest BCUT2D eigenvalue weighted by Gasteiger charge is 2.22. The van der Waals surface area contributed by atoms with Crippen molar-refractivity contribution < 1.29 is 9.59 Å². The minimum absolute atomic E-state index is 0.0803. The van der Waals surface area contributed by atoms with Crippen molar-refractivity contribution in [1.82, 2.24) is 9.88 Å². The maximum absolute atomic E-state index is 12.7. The molecular formula is C19H20ClN3O2S. The number of rotatable bonds is 6. The van der Waals surface area contributed by atoms with E-state index in [4.69, 9.17) is 11.6 Å². The van der Waals surface area contributed by atoms with Crippen LogP contribution in [0.4, 0.5) is 5.69 Å². The van der Waals surface area contributed by atoms with Gasteiger partial charge in [-0.05, 0) is 42.7 Å². The van der Waals surface area contributed by atoms with E-state index in [2.05, 4.69) is 10.3 Å². The van der Waals surface area contributed by atoms with Crippen LogP contribution in [0.3, 0.4) is 0 Å². The van der Waals surface area contributed by atoms with Gasteiger partial charge in [0.15, 0.2) is 0 Å². The summed E-state index contributed by atoms with van der Waals surface area (Å²) in [6, 6.07) is 8.85. The average molecular weight is 390 g/mol. The number of anilines is 1. The van der Waals surface area contributed by atoms with Gasteiger partial charge in [-0.15, -0.1) is 11.8 Å². The Hall–Kier alpha value is -2.05. The van der Waals surface area contributed by atoms with Crippen molar-refractivity contribution in [2.45, 2.75) is 18.6 Å². The number of halogens is 1. The molecule has 26 heavy (non-hydrogen) atoms. The summed E-state index contributed by atoms with van der Waals surface area (Å²) in [6.45, 7) is 1.50. The minimum Gasteiger partial charge on any atom is -0.339 e. The van der Waals surface area contributed by atoms with Crippen LogP contribution in [-0.4, -0.2) is 40.5 Å². The van der Waals surface area contributed by atoms with E-state index in [1.54, 1.807) is 35.5 Å². The molecule has 5 nitrogen and oxygen atoms in total. The molecule has 0 atom stereocenters. The van der Waals surface area contributed by atoms with Gasteiger partial charge in [-0.25, -0.2) is 0 Å². The molecule has 1 aliphatic rings. The van der Waals surface area contributed by atoms with Crippen molar-refractivity contribution in [3.8, 4) is 0 Å². The first-order valence-corrected chi connectivity index (χ1v) is 10.0. The third-order valence-corrected chi connectivity index (χ3v) is 5.34. The van der Waals surface area contributed by atoms with Gasteiger partial charge in [0.25, 0.3) is 5.91 Å². The maximum atomic E-state index is 12.7. The fraction of sp³-hybridized carbons (Fsp3) is 0.316. The third-order valence-electron chi connectivity index (χ3n) is 4.10. The zero-order valence-electron chi connectivity index (χ0n) is 14.3. The monoisotopic (exact) mass is 389 g/mol. The molecular weight excluding hydrogens is 370 g/mol. The number of nitrogens with zero attached hydrogens (tertiary/aromatic N) is 2. The molecule has 0 spiro atoms. The molecule has 1 fully saturated rings. The fourth-order valence-corrected chi connectivity index (χ4v) is 3.76. The molecule has 0 unspecified atom stereocenters. The first kappa shape index (κ1) is 18.7. The molecule has 0 saturated carbocycles. The van der Waals surface area contributed by atoms with Gasteiger partial charge in [-0.3, -0.25) is 14.6 Å². The molecule has 2 aromatic rings. The highest BCUT2D eigenvalue weighted by Crippen LogP contribution is 2.24. The summed E-state index contributed by atoms with van der Waals surface area (Å²) < 4.78 is 0. The smallest absolute Gasteiger partial charge is 0.256 e. The largest absolute Gasteiger partial charge is 0.339 e. The first-order chi connectivity index (χ1) is 12.6. The van der Waals surface area contributed by atoms with E-state index in [1.807, 2.05) is 12.1 Å². The highest BCUT2D eigenvalue weighted by atomic mass is 35.5. The lowest BCUT2D eigenvalue weighted by atomic mass is 10.1. The Kier molecular flexibility index (Phi) is 6.52. The molecule has 2 amide bonds. The second-order valence-corrected chi connectivity index (χ2v) is 7.51. The van der Waals surface area contributed by atoms with Gasteiger partial charge < -0.3 is 10.2 Å². The average Bonchev–Trinajstić information content (AvgIpc) is 3.18. The van der Waals surface area contributed by atoms with E-state index < -0.39 is 0 Å². The lowest BCUT2D eigenvalue weighted by Gasteiger charge is -2.18. The number of pyridine rings is 1. The number of aromatic nitrogens is 1. The molecule has 136 valence electrons. The van der Waals surface area contributed by atoms with Crippen molar-refractivity contribution in [3.05, 3.63) is 58.9 Å². The van der Waals surface area contributed by atoms with E-state index in [9.17, 15) is 9.59 Å². The standard InChI is InChI=1S/C19H20ClN3O2S/c20-15-5-6-17(16(10-15)19(25)23-8-1-2-9-23)22-18(24)13-26-12-14-4-3-7-21-11-14/h3-7,10-11H,1-2,8-9,12-13H2,(H,22,24). The molecule has 0 radical (unpaired) electrons. The van der Waals surface area contributed by atoms with Crippen molar-refractivity contribution in [2.24, 2.45) is 0 Å². The molecule has 1 aromatic carbocycles. The number of benzene rings is 1. The number of nitrogens with one attached hydrogen (secondary N) is 1. The number of likely N-dealkylation sites (tertiary alicyclic amines) is 1. The Morgan fingerprint density at radius 2 is 2.04 bits per heavy atom. The van der Waals surface area contributed by atoms with Crippen LogP contribution in [-0.2, 0) is 10.5 Å². The lowest BCUT2D eigenvalue weighted by Crippen LogP contribution is -2.29. The van der Waals surface area contributed by atoms with Crippen LogP contribution in [0, 0.1) is 0 Å². The van der Waals surface area contributed by atoms with Crippen LogP contribution in [0.25, 0.3) is 0 Å². The van der Waals surface area contributed by atoms with Gasteiger partial charge in [0.2, 0.25) is 5.91 Å². The van der Waals surface area contributed by atoms with Gasteiger partial charge in [-0.2, -0.15) is 0 Å². The van der Waals surface area contributed by atoms with Crippen molar-refractivity contribution in [2.75, 3.05) is 24.2 Å². The van der Waals surface area contributed by atoms with E-state index in [0.717, 1.165) is 31.5 Å². The number of amides is 2. The summed E-state index contributed by atoms with van der Waals surface area (Å²) in [5.41, 5.74) is 2.03. The van der Waals surface area contributed by atoms with Crippen LogP contribution in [0.5, 0.6) is 0 Å². The van der Waals surface area contributed by atoms with E-state index >= 15 is 0 Å². The van der Waals surface area contributed by atoms with Crippen molar-refractivity contribution in [3.63, 3.8) is 0 Å². The van der Waals surface area contributed by atoms with E-state index in [-0.39, 0.29) is 11.8 Å². The molecule has 1 N–H and O–H groups in total. The van der Waals surface area contributed by atoms with Gasteiger partial charge in [0.1, 0.15) is 0 Å². The molecule has 0 aliphatic carbocycles. The topological polar surface area (TPSA) is 62.3 Å². The Labute approximate surface area is 162 Å². The predicted octanol–water partition coefficient (Wildman–Crippen LogP) is 3.84. The van der Waals surface area contributed by atoms with Crippen LogP contribution < -0.4 is 5.32 Å². The summed E-state index contributed by atoms with van der Waals surface area (Å²) in [7, 11) is 0. The maximum Gasteiger partial charge on any atom is 0.256 e. The van der Waals surface area contributed by atoms with Crippen LogP contribution in [0.1, 0.15) is 28.8 Å². The quantitative estimate of drug-likeness (QED) is 0.815. The third kappa shape index (κ3) is 4.99. The molecule has 3 rings (SSSR count). The van der Waals surface area contributed by atoms with E-state index in [0.29, 0.717) is 27.8 Å². The zero-order valence-corrected chi connectivity index (χ0v) is 15.9. The van der Waals surface area contributed by atoms with Gasteiger partial charge in [0.05, 0.1) is 17.0 Å².